The number of nitrogens with two attached hydrogens (primary N) is 1. The van der Waals surface area contributed by atoms with E-state index in [1.54, 1.807) is 0 Å². The van der Waals surface area contributed by atoms with E-state index in [4.69, 9.17) is 5.73 Å². The van der Waals surface area contributed by atoms with Crippen LogP contribution >= 0.6 is 0 Å². The predicted octanol–water partition coefficient (Wildman–Crippen LogP) is 2.39. The molecule has 86 valence electrons. The van der Waals surface area contributed by atoms with Gasteiger partial charge in [-0.3, -0.25) is 0 Å². The first kappa shape index (κ1) is 11.9. The summed E-state index contributed by atoms with van der Waals surface area (Å²) < 4.78 is 1.93. The molecule has 1 rings (SSSR count). The van der Waals surface area contributed by atoms with Crippen molar-refractivity contribution >= 4 is 11.5 Å². The molecule has 0 atom stereocenters. The molecule has 0 aromatic carbocycles. The van der Waals surface area contributed by atoms with Crippen LogP contribution in [-0.4, -0.2) is 15.8 Å². The largest absolute Gasteiger partial charge is 0.394 e. The van der Waals surface area contributed by atoms with Gasteiger partial charge in [-0.15, -0.1) is 0 Å². The van der Waals surface area contributed by atoms with Gasteiger partial charge in [-0.25, -0.2) is 4.68 Å². The molecule has 0 amide bonds. The number of anilines is 2. The monoisotopic (exact) mass is 210 g/mol. The summed E-state index contributed by atoms with van der Waals surface area (Å²) in [5, 5.41) is 7.84. The van der Waals surface area contributed by atoms with Crippen molar-refractivity contribution in [3.05, 3.63) is 5.69 Å². The second-order valence-electron chi connectivity index (χ2n) is 3.82. The van der Waals surface area contributed by atoms with E-state index >= 15 is 0 Å². The van der Waals surface area contributed by atoms with Crippen molar-refractivity contribution in [1.82, 2.24) is 9.78 Å². The van der Waals surface area contributed by atoms with Crippen molar-refractivity contribution in [3.8, 4) is 0 Å². The molecule has 0 saturated carbocycles. The van der Waals surface area contributed by atoms with Gasteiger partial charge in [-0.05, 0) is 26.7 Å². The average molecular weight is 210 g/mol. The fourth-order valence-electron chi connectivity index (χ4n) is 1.66. The Morgan fingerprint density at radius 1 is 1.33 bits per heavy atom. The van der Waals surface area contributed by atoms with Gasteiger partial charge in [0.1, 0.15) is 5.82 Å². The molecule has 3 N–H and O–H groups in total. The maximum absolute atomic E-state index is 5.99. The molecule has 0 spiro atoms. The van der Waals surface area contributed by atoms with E-state index in [2.05, 4.69) is 31.2 Å². The molecule has 0 bridgehead atoms. The van der Waals surface area contributed by atoms with Gasteiger partial charge in [0, 0.05) is 12.6 Å². The number of aryl methyl sites for hydroxylation is 2. The van der Waals surface area contributed by atoms with Crippen LogP contribution in [0.15, 0.2) is 0 Å². The van der Waals surface area contributed by atoms with E-state index in [0.29, 0.717) is 6.04 Å². The number of nitrogen functional groups attached to an aromatic ring is 1. The lowest BCUT2D eigenvalue weighted by Crippen LogP contribution is -2.20. The lowest BCUT2D eigenvalue weighted by molar-refractivity contribution is 0.623. The Balaban J connectivity index is 2.91. The van der Waals surface area contributed by atoms with E-state index in [1.807, 2.05) is 11.6 Å². The summed E-state index contributed by atoms with van der Waals surface area (Å²) in [4.78, 5) is 0. The quantitative estimate of drug-likeness (QED) is 0.784. The van der Waals surface area contributed by atoms with Crippen LogP contribution in [-0.2, 0) is 6.54 Å². The SMILES string of the molecule is CCC(CC)Nc1c(N)c(C)nn1CC. The first-order valence-electron chi connectivity index (χ1n) is 5.73. The van der Waals surface area contributed by atoms with E-state index in [-0.39, 0.29) is 0 Å². The predicted molar refractivity (Wildman–Crippen MR) is 65.0 cm³/mol. The summed E-state index contributed by atoms with van der Waals surface area (Å²) in [6, 6.07) is 0.480. The first-order valence-corrected chi connectivity index (χ1v) is 5.73. The van der Waals surface area contributed by atoms with Crippen molar-refractivity contribution in [1.29, 1.82) is 0 Å². The summed E-state index contributed by atoms with van der Waals surface area (Å²) in [7, 11) is 0. The zero-order chi connectivity index (χ0) is 11.4. The molecule has 0 radical (unpaired) electrons. The number of rotatable bonds is 5. The Morgan fingerprint density at radius 2 is 1.93 bits per heavy atom. The summed E-state index contributed by atoms with van der Waals surface area (Å²) in [5.41, 5.74) is 7.68. The third kappa shape index (κ3) is 2.43. The zero-order valence-corrected chi connectivity index (χ0v) is 10.2. The van der Waals surface area contributed by atoms with E-state index < -0.39 is 0 Å². The molecule has 0 saturated heterocycles. The maximum atomic E-state index is 5.99. The Morgan fingerprint density at radius 3 is 2.40 bits per heavy atom. The molecule has 15 heavy (non-hydrogen) atoms. The minimum absolute atomic E-state index is 0.480. The second-order valence-corrected chi connectivity index (χ2v) is 3.82. The third-order valence-corrected chi connectivity index (χ3v) is 2.80. The van der Waals surface area contributed by atoms with Crippen LogP contribution in [0.5, 0.6) is 0 Å². The Bertz CT molecular complexity index is 313. The number of hydrogen-bond donors (Lipinski definition) is 2. The Labute approximate surface area is 91.8 Å². The first-order chi connectivity index (χ1) is 7.13. The second kappa shape index (κ2) is 5.05. The van der Waals surface area contributed by atoms with E-state index in [9.17, 15) is 0 Å². The normalized spacial score (nSPS) is 11.0. The fourth-order valence-corrected chi connectivity index (χ4v) is 1.66. The number of nitrogens with zero attached hydrogens (tertiary/aromatic N) is 2. The van der Waals surface area contributed by atoms with Gasteiger partial charge < -0.3 is 11.1 Å². The van der Waals surface area contributed by atoms with Crippen LogP contribution in [0.1, 0.15) is 39.3 Å². The maximum Gasteiger partial charge on any atom is 0.148 e. The Kier molecular flexibility index (Phi) is 4.00. The van der Waals surface area contributed by atoms with Gasteiger partial charge in [0.15, 0.2) is 0 Å². The van der Waals surface area contributed by atoms with Crippen molar-refractivity contribution in [3.63, 3.8) is 0 Å². The minimum Gasteiger partial charge on any atom is -0.394 e. The highest BCUT2D eigenvalue weighted by atomic mass is 15.3. The van der Waals surface area contributed by atoms with Gasteiger partial charge >= 0.3 is 0 Å². The average Bonchev–Trinajstić information content (AvgIpc) is 2.52. The van der Waals surface area contributed by atoms with Crippen LogP contribution < -0.4 is 11.1 Å². The highest BCUT2D eigenvalue weighted by Crippen LogP contribution is 2.23. The van der Waals surface area contributed by atoms with Gasteiger partial charge in [0.2, 0.25) is 0 Å². The number of aromatic nitrogens is 2. The van der Waals surface area contributed by atoms with Crippen LogP contribution in [0.3, 0.4) is 0 Å². The van der Waals surface area contributed by atoms with Crippen molar-refractivity contribution in [2.75, 3.05) is 11.1 Å². The lowest BCUT2D eigenvalue weighted by atomic mass is 10.2. The summed E-state index contributed by atoms with van der Waals surface area (Å²) >= 11 is 0. The van der Waals surface area contributed by atoms with Gasteiger partial charge in [0.05, 0.1) is 11.4 Å². The minimum atomic E-state index is 0.480. The molecule has 1 aromatic rings. The molecule has 0 aliphatic heterocycles. The van der Waals surface area contributed by atoms with Crippen molar-refractivity contribution in [2.45, 2.75) is 53.1 Å². The Hall–Kier alpha value is -1.19. The lowest BCUT2D eigenvalue weighted by Gasteiger charge is -2.17. The molecule has 0 fully saturated rings. The third-order valence-electron chi connectivity index (χ3n) is 2.80. The van der Waals surface area contributed by atoms with Crippen LogP contribution in [0.4, 0.5) is 11.5 Å². The molecule has 1 heterocycles. The molecule has 0 aliphatic rings. The van der Waals surface area contributed by atoms with Crippen LogP contribution in [0, 0.1) is 6.92 Å². The van der Waals surface area contributed by atoms with Crippen LogP contribution in [0.25, 0.3) is 0 Å². The molecule has 4 nitrogen and oxygen atoms in total. The molecule has 4 heteroatoms. The highest BCUT2D eigenvalue weighted by Gasteiger charge is 2.13. The number of hydrogen-bond acceptors (Lipinski definition) is 3. The molecule has 0 unspecified atom stereocenters. The van der Waals surface area contributed by atoms with Gasteiger partial charge in [-0.2, -0.15) is 5.10 Å². The summed E-state index contributed by atoms with van der Waals surface area (Å²) in [5.74, 6) is 0.976. The van der Waals surface area contributed by atoms with Crippen LogP contribution in [0.2, 0.25) is 0 Å². The summed E-state index contributed by atoms with van der Waals surface area (Å²) in [6.07, 6.45) is 2.20. The molecular weight excluding hydrogens is 188 g/mol. The van der Waals surface area contributed by atoms with Crippen molar-refractivity contribution in [2.24, 2.45) is 0 Å². The van der Waals surface area contributed by atoms with Crippen molar-refractivity contribution < 1.29 is 0 Å². The highest BCUT2D eigenvalue weighted by molar-refractivity contribution is 5.65. The van der Waals surface area contributed by atoms with Gasteiger partial charge in [0.25, 0.3) is 0 Å². The summed E-state index contributed by atoms with van der Waals surface area (Å²) in [6.45, 7) is 9.22. The van der Waals surface area contributed by atoms with Gasteiger partial charge in [-0.1, -0.05) is 13.8 Å². The van der Waals surface area contributed by atoms with E-state index in [1.165, 1.54) is 0 Å². The number of nitrogens with one attached hydrogen (secondary N) is 1. The molecular formula is C11H22N4. The topological polar surface area (TPSA) is 55.9 Å². The standard InChI is InChI=1S/C11H22N4/c1-5-9(6-2)13-11-10(12)8(4)14-15(11)7-3/h9,13H,5-7,12H2,1-4H3. The molecule has 1 aromatic heterocycles. The smallest absolute Gasteiger partial charge is 0.148 e. The zero-order valence-electron chi connectivity index (χ0n) is 10.2. The van der Waals surface area contributed by atoms with E-state index in [0.717, 1.165) is 36.6 Å². The molecule has 0 aliphatic carbocycles. The fraction of sp³-hybridized carbons (Fsp3) is 0.727.